The Balaban J connectivity index is 1.93. The number of carboxylic acids is 1. The monoisotopic (exact) mass is 396 g/mol. The van der Waals surface area contributed by atoms with Crippen molar-refractivity contribution in [1.29, 1.82) is 0 Å². The van der Waals surface area contributed by atoms with Crippen LogP contribution in [0.2, 0.25) is 5.02 Å². The van der Waals surface area contributed by atoms with Gasteiger partial charge >= 0.3 is 5.97 Å². The van der Waals surface area contributed by atoms with Gasteiger partial charge in [-0.3, -0.25) is 4.79 Å². The summed E-state index contributed by atoms with van der Waals surface area (Å²) in [6, 6.07) is 10.8. The fourth-order valence-corrected chi connectivity index (χ4v) is 3.55. The molecule has 0 spiro atoms. The summed E-state index contributed by atoms with van der Waals surface area (Å²) in [5.41, 5.74) is 1.51. The first-order valence-electron chi connectivity index (χ1n) is 7.12. The Bertz CT molecular complexity index is 747. The third-order valence-electron chi connectivity index (χ3n) is 3.59. The quantitative estimate of drug-likeness (QED) is 0.817. The summed E-state index contributed by atoms with van der Waals surface area (Å²) in [5.74, 6) is 0.407. The van der Waals surface area contributed by atoms with Gasteiger partial charge in [0.1, 0.15) is 17.6 Å². The Morgan fingerprint density at radius 2 is 2.17 bits per heavy atom. The Morgan fingerprint density at radius 3 is 2.96 bits per heavy atom. The summed E-state index contributed by atoms with van der Waals surface area (Å²) in [7, 11) is 0. The maximum absolute atomic E-state index is 11.0. The van der Waals surface area contributed by atoms with Gasteiger partial charge in [0.15, 0.2) is 0 Å². The second-order valence-corrected chi connectivity index (χ2v) is 6.52. The van der Waals surface area contributed by atoms with Gasteiger partial charge in [0.25, 0.3) is 0 Å². The normalized spacial score (nSPS) is 16.3. The number of aliphatic carboxylic acids is 1. The van der Waals surface area contributed by atoms with E-state index in [-0.39, 0.29) is 12.5 Å². The number of rotatable bonds is 4. The molecular weight excluding hydrogens is 384 g/mol. The second-order valence-electron chi connectivity index (χ2n) is 5.23. The van der Waals surface area contributed by atoms with Crippen molar-refractivity contribution in [1.82, 2.24) is 0 Å². The lowest BCUT2D eigenvalue weighted by Crippen LogP contribution is -2.19. The van der Waals surface area contributed by atoms with E-state index in [9.17, 15) is 4.79 Å². The summed E-state index contributed by atoms with van der Waals surface area (Å²) in [4.78, 5) is 11.0. The Morgan fingerprint density at radius 1 is 1.39 bits per heavy atom. The molecule has 0 bridgehead atoms. The molecule has 4 nitrogen and oxygen atoms in total. The maximum Gasteiger partial charge on any atom is 0.307 e. The third-order valence-corrected chi connectivity index (χ3v) is 4.40. The number of fused-ring (bicyclic) bond motifs is 1. The van der Waals surface area contributed by atoms with Crippen LogP contribution in [0.5, 0.6) is 11.5 Å². The van der Waals surface area contributed by atoms with E-state index in [2.05, 4.69) is 15.9 Å². The molecule has 2 aromatic rings. The molecule has 0 aromatic heterocycles. The summed E-state index contributed by atoms with van der Waals surface area (Å²) < 4.78 is 12.6. The molecule has 0 saturated carbocycles. The van der Waals surface area contributed by atoms with Gasteiger partial charge in [0, 0.05) is 22.6 Å². The number of benzene rings is 2. The lowest BCUT2D eigenvalue weighted by atomic mass is 10.0. The zero-order valence-electron chi connectivity index (χ0n) is 12.1. The van der Waals surface area contributed by atoms with Crippen molar-refractivity contribution in [2.75, 3.05) is 6.61 Å². The topological polar surface area (TPSA) is 55.8 Å². The smallest absolute Gasteiger partial charge is 0.307 e. The molecule has 0 radical (unpaired) electrons. The second kappa shape index (κ2) is 6.81. The predicted octanol–water partition coefficient (Wildman–Crippen LogP) is 4.63. The van der Waals surface area contributed by atoms with Crippen molar-refractivity contribution in [3.05, 3.63) is 57.0 Å². The van der Waals surface area contributed by atoms with E-state index in [4.69, 9.17) is 26.2 Å². The number of carboxylic acid groups (broad SMARTS) is 1. The lowest BCUT2D eigenvalue weighted by molar-refractivity contribution is -0.136. The summed E-state index contributed by atoms with van der Waals surface area (Å²) in [6.07, 6.45) is 0.357. The van der Waals surface area contributed by atoms with Crippen LogP contribution < -0.4 is 9.47 Å². The highest BCUT2D eigenvalue weighted by molar-refractivity contribution is 9.10. The van der Waals surface area contributed by atoms with E-state index in [1.54, 1.807) is 24.3 Å². The van der Waals surface area contributed by atoms with Gasteiger partial charge in [-0.1, -0.05) is 29.8 Å². The molecule has 0 fully saturated rings. The molecule has 1 N–H and O–H groups in total. The van der Waals surface area contributed by atoms with E-state index in [0.29, 0.717) is 29.4 Å². The van der Waals surface area contributed by atoms with Gasteiger partial charge in [0.2, 0.25) is 0 Å². The fraction of sp³-hybridized carbons (Fsp3) is 0.235. The zero-order chi connectivity index (χ0) is 16.4. The summed E-state index contributed by atoms with van der Waals surface area (Å²) in [6.45, 7) is 0.527. The van der Waals surface area contributed by atoms with Crippen molar-refractivity contribution < 1.29 is 19.4 Å². The van der Waals surface area contributed by atoms with Crippen LogP contribution in [0.4, 0.5) is 0 Å². The molecular formula is C17H14BrClO4. The largest absolute Gasteiger partial charge is 0.492 e. The van der Waals surface area contributed by atoms with Gasteiger partial charge < -0.3 is 14.6 Å². The minimum absolute atomic E-state index is 0.0779. The zero-order valence-corrected chi connectivity index (χ0v) is 14.4. The summed E-state index contributed by atoms with van der Waals surface area (Å²) >= 11 is 9.58. The molecule has 6 heteroatoms. The molecule has 1 atom stereocenters. The molecule has 1 aliphatic rings. The van der Waals surface area contributed by atoms with Gasteiger partial charge in [-0.15, -0.1) is 0 Å². The van der Waals surface area contributed by atoms with Crippen molar-refractivity contribution in [2.24, 2.45) is 0 Å². The van der Waals surface area contributed by atoms with Crippen molar-refractivity contribution in [3.63, 3.8) is 0 Å². The highest BCUT2D eigenvalue weighted by Gasteiger charge is 2.26. The number of halogens is 2. The number of hydrogen-bond donors (Lipinski definition) is 1. The van der Waals surface area contributed by atoms with Crippen molar-refractivity contribution in [3.8, 4) is 11.5 Å². The maximum atomic E-state index is 11.0. The third kappa shape index (κ3) is 3.62. The standard InChI is InChI=1S/C17H14BrClO4/c18-13-9-11(19)8-12-15(5-6-22-17(12)13)23-14-4-2-1-3-10(14)7-16(20)21/h1-4,8-9,15H,5-7H2,(H,20,21). The molecule has 120 valence electrons. The molecule has 3 rings (SSSR count). The minimum atomic E-state index is -0.890. The Hall–Kier alpha value is -1.72. The van der Waals surface area contributed by atoms with E-state index in [1.807, 2.05) is 12.1 Å². The molecule has 0 amide bonds. The average molecular weight is 398 g/mol. The SMILES string of the molecule is O=C(O)Cc1ccccc1OC1CCOc2c(Br)cc(Cl)cc21. The van der Waals surface area contributed by atoms with Crippen LogP contribution >= 0.6 is 27.5 Å². The van der Waals surface area contributed by atoms with Crippen LogP contribution in [0.1, 0.15) is 23.7 Å². The molecule has 0 aliphatic carbocycles. The lowest BCUT2D eigenvalue weighted by Gasteiger charge is -2.28. The predicted molar refractivity (Wildman–Crippen MR) is 90.4 cm³/mol. The van der Waals surface area contributed by atoms with E-state index in [1.165, 1.54) is 0 Å². The van der Waals surface area contributed by atoms with Crippen molar-refractivity contribution >= 4 is 33.5 Å². The highest BCUT2D eigenvalue weighted by Crippen LogP contribution is 2.42. The average Bonchev–Trinajstić information content (AvgIpc) is 2.49. The van der Waals surface area contributed by atoms with E-state index >= 15 is 0 Å². The molecule has 1 unspecified atom stereocenters. The van der Waals surface area contributed by atoms with Crippen LogP contribution in [0, 0.1) is 0 Å². The summed E-state index contributed by atoms with van der Waals surface area (Å²) in [5, 5.41) is 9.62. The van der Waals surface area contributed by atoms with Gasteiger partial charge in [-0.25, -0.2) is 0 Å². The van der Waals surface area contributed by atoms with Crippen LogP contribution in [0.3, 0.4) is 0 Å². The van der Waals surface area contributed by atoms with Crippen molar-refractivity contribution in [2.45, 2.75) is 18.9 Å². The molecule has 1 aliphatic heterocycles. The van der Waals surface area contributed by atoms with Crippen LogP contribution in [-0.2, 0) is 11.2 Å². The first-order chi connectivity index (χ1) is 11.0. The number of ether oxygens (including phenoxy) is 2. The molecule has 23 heavy (non-hydrogen) atoms. The molecule has 2 aromatic carbocycles. The fourth-order valence-electron chi connectivity index (χ4n) is 2.60. The van der Waals surface area contributed by atoms with Crippen LogP contribution in [0.15, 0.2) is 40.9 Å². The highest BCUT2D eigenvalue weighted by atomic mass is 79.9. The molecule has 1 heterocycles. The Kier molecular flexibility index (Phi) is 4.78. The first kappa shape index (κ1) is 16.1. The van der Waals surface area contributed by atoms with Gasteiger partial charge in [-0.2, -0.15) is 0 Å². The van der Waals surface area contributed by atoms with E-state index in [0.717, 1.165) is 15.8 Å². The van der Waals surface area contributed by atoms with E-state index < -0.39 is 5.97 Å². The first-order valence-corrected chi connectivity index (χ1v) is 8.30. The van der Waals surface area contributed by atoms with Gasteiger partial charge in [-0.05, 0) is 34.1 Å². The van der Waals surface area contributed by atoms with Crippen LogP contribution in [-0.4, -0.2) is 17.7 Å². The number of hydrogen-bond acceptors (Lipinski definition) is 3. The molecule has 0 saturated heterocycles. The minimum Gasteiger partial charge on any atom is -0.492 e. The number of carbonyl (C=O) groups is 1. The van der Waals surface area contributed by atoms with Gasteiger partial charge in [0.05, 0.1) is 17.5 Å². The Labute approximate surface area is 147 Å². The van der Waals surface area contributed by atoms with Crippen LogP contribution in [0.25, 0.3) is 0 Å². The number of para-hydroxylation sites is 1.